The molecule has 9 nitrogen and oxygen atoms in total. The summed E-state index contributed by atoms with van der Waals surface area (Å²) < 4.78 is 5.29. The second-order valence-electron chi connectivity index (χ2n) is 6.66. The molecule has 0 amide bonds. The molecule has 4 rings (SSSR count). The zero-order valence-electron chi connectivity index (χ0n) is 17.0. The number of esters is 1. The lowest BCUT2D eigenvalue weighted by Gasteiger charge is -2.35. The Morgan fingerprint density at radius 1 is 1.34 bits per heavy atom. The summed E-state index contributed by atoms with van der Waals surface area (Å²) in [6.45, 7) is 3.64. The topological polar surface area (TPSA) is 110 Å². The molecular weight excluding hydrogens is 470 g/mol. The predicted molar refractivity (Wildman–Crippen MR) is 127 cm³/mol. The maximum Gasteiger partial charge on any atom is 0.338 e. The van der Waals surface area contributed by atoms with Crippen molar-refractivity contribution in [1.82, 2.24) is 15.5 Å². The summed E-state index contributed by atoms with van der Waals surface area (Å²) in [4.78, 5) is 26.3. The molecule has 0 aliphatic carbocycles. The number of ether oxygens (including phenoxy) is 1. The fraction of sp³-hybridized carbons (Fsp3) is 0.200. The SMILES string of the molecule is CCOC(=O)C1=C(C)N(c2nnc(-c3cccs3)s2)C(=S)NC1c1cccc([N+](=O)[O-])c1. The zero-order valence-corrected chi connectivity index (χ0v) is 19.4. The molecule has 164 valence electrons. The molecule has 1 N–H and O–H groups in total. The van der Waals surface area contributed by atoms with Gasteiger partial charge in [-0.15, -0.1) is 21.5 Å². The molecule has 3 heterocycles. The first-order valence-electron chi connectivity index (χ1n) is 9.51. The van der Waals surface area contributed by atoms with Crippen molar-refractivity contribution >= 4 is 56.8 Å². The standard InChI is InChI=1S/C20H17N5O4S3/c1-3-29-18(26)15-11(2)24(20-23-22-17(32-20)14-8-5-9-31-14)19(30)21-16(15)12-6-4-7-13(10-12)25(27)28/h4-10,16H,3H2,1-2H3,(H,21,30). The number of thiocarbonyl (C=S) groups is 1. The molecule has 0 fully saturated rings. The van der Waals surface area contributed by atoms with Gasteiger partial charge < -0.3 is 10.1 Å². The first-order valence-corrected chi connectivity index (χ1v) is 11.6. The van der Waals surface area contributed by atoms with Gasteiger partial charge in [-0.1, -0.05) is 29.5 Å². The van der Waals surface area contributed by atoms with Gasteiger partial charge in [0.1, 0.15) is 0 Å². The molecular formula is C20H17N5O4S3. The van der Waals surface area contributed by atoms with E-state index < -0.39 is 16.9 Å². The van der Waals surface area contributed by atoms with E-state index >= 15 is 0 Å². The third-order valence-corrected chi connectivity index (χ3v) is 6.98. The molecule has 2 aromatic heterocycles. The Morgan fingerprint density at radius 2 is 2.16 bits per heavy atom. The number of hydrogen-bond donors (Lipinski definition) is 1. The van der Waals surface area contributed by atoms with Gasteiger partial charge in [-0.2, -0.15) is 0 Å². The highest BCUT2D eigenvalue weighted by molar-refractivity contribution is 7.80. The number of nitro groups is 1. The molecule has 12 heteroatoms. The Kier molecular flexibility index (Phi) is 6.26. The molecule has 0 bridgehead atoms. The van der Waals surface area contributed by atoms with E-state index in [0.29, 0.717) is 27.1 Å². The van der Waals surface area contributed by atoms with Crippen LogP contribution >= 0.6 is 34.9 Å². The Balaban J connectivity index is 1.79. The van der Waals surface area contributed by atoms with E-state index in [1.54, 1.807) is 42.2 Å². The van der Waals surface area contributed by atoms with Crippen LogP contribution in [0.4, 0.5) is 10.8 Å². The molecule has 1 aliphatic heterocycles. The van der Waals surface area contributed by atoms with Crippen LogP contribution in [0.15, 0.2) is 53.0 Å². The average molecular weight is 488 g/mol. The molecule has 32 heavy (non-hydrogen) atoms. The number of rotatable bonds is 6. The van der Waals surface area contributed by atoms with Crippen LogP contribution in [0.25, 0.3) is 9.88 Å². The van der Waals surface area contributed by atoms with Crippen LogP contribution in [0.5, 0.6) is 0 Å². The minimum atomic E-state index is -0.706. The van der Waals surface area contributed by atoms with Crippen molar-refractivity contribution in [3.63, 3.8) is 0 Å². The van der Waals surface area contributed by atoms with Crippen molar-refractivity contribution in [2.24, 2.45) is 0 Å². The largest absolute Gasteiger partial charge is 0.463 e. The van der Waals surface area contributed by atoms with Crippen LogP contribution in [0.1, 0.15) is 25.5 Å². The summed E-state index contributed by atoms with van der Waals surface area (Å²) in [5.74, 6) is -0.537. The van der Waals surface area contributed by atoms with Gasteiger partial charge in [-0.3, -0.25) is 15.0 Å². The number of nitrogens with zero attached hydrogens (tertiary/aromatic N) is 4. The van der Waals surface area contributed by atoms with E-state index in [4.69, 9.17) is 17.0 Å². The molecule has 1 unspecified atom stereocenters. The lowest BCUT2D eigenvalue weighted by Crippen LogP contribution is -2.48. The van der Waals surface area contributed by atoms with Crippen molar-refractivity contribution < 1.29 is 14.5 Å². The highest BCUT2D eigenvalue weighted by atomic mass is 32.1. The second-order valence-corrected chi connectivity index (χ2v) is 8.95. The molecule has 0 spiro atoms. The van der Waals surface area contributed by atoms with Crippen molar-refractivity contribution in [3.8, 4) is 9.88 Å². The van der Waals surface area contributed by atoms with E-state index in [1.807, 2.05) is 17.5 Å². The summed E-state index contributed by atoms with van der Waals surface area (Å²) in [7, 11) is 0. The van der Waals surface area contributed by atoms with Gasteiger partial charge >= 0.3 is 5.97 Å². The number of non-ortho nitro benzene ring substituents is 1. The number of hydrogen-bond acceptors (Lipinski definition) is 9. The van der Waals surface area contributed by atoms with Gasteiger partial charge in [-0.25, -0.2) is 4.79 Å². The lowest BCUT2D eigenvalue weighted by molar-refractivity contribution is -0.384. The van der Waals surface area contributed by atoms with Gasteiger partial charge in [0.2, 0.25) is 5.13 Å². The molecule has 0 radical (unpaired) electrons. The highest BCUT2D eigenvalue weighted by Gasteiger charge is 2.37. The average Bonchev–Trinajstić information content (AvgIpc) is 3.45. The van der Waals surface area contributed by atoms with Crippen LogP contribution in [-0.2, 0) is 9.53 Å². The van der Waals surface area contributed by atoms with E-state index in [1.165, 1.54) is 23.5 Å². The highest BCUT2D eigenvalue weighted by Crippen LogP contribution is 2.38. The Hall–Kier alpha value is -3.22. The molecule has 1 aromatic carbocycles. The Labute approximate surface area is 196 Å². The van der Waals surface area contributed by atoms with Crippen LogP contribution in [0.3, 0.4) is 0 Å². The third kappa shape index (κ3) is 4.11. The number of allylic oxidation sites excluding steroid dienone is 1. The molecule has 3 aromatic rings. The fourth-order valence-electron chi connectivity index (χ4n) is 3.32. The van der Waals surface area contributed by atoms with Crippen molar-refractivity contribution in [1.29, 1.82) is 0 Å². The third-order valence-electron chi connectivity index (χ3n) is 4.73. The number of nitro benzene ring substituents is 1. The number of aromatic nitrogens is 2. The second kappa shape index (κ2) is 9.10. The zero-order chi connectivity index (χ0) is 22.8. The van der Waals surface area contributed by atoms with Gasteiger partial charge in [0.25, 0.3) is 5.69 Å². The Morgan fingerprint density at radius 3 is 2.84 bits per heavy atom. The maximum absolute atomic E-state index is 12.9. The van der Waals surface area contributed by atoms with Crippen LogP contribution < -0.4 is 10.2 Å². The number of carbonyl (C=O) groups is 1. The van der Waals surface area contributed by atoms with E-state index in [0.717, 1.165) is 9.88 Å². The predicted octanol–water partition coefficient (Wildman–Crippen LogP) is 4.45. The van der Waals surface area contributed by atoms with Crippen LogP contribution in [-0.4, -0.2) is 32.8 Å². The maximum atomic E-state index is 12.9. The summed E-state index contributed by atoms with van der Waals surface area (Å²) in [6, 6.07) is 9.26. The minimum absolute atomic E-state index is 0.0803. The van der Waals surface area contributed by atoms with Crippen LogP contribution in [0.2, 0.25) is 0 Å². The summed E-state index contributed by atoms with van der Waals surface area (Å²) >= 11 is 8.49. The number of benzene rings is 1. The lowest BCUT2D eigenvalue weighted by atomic mass is 9.95. The number of thiophene rings is 1. The normalized spacial score (nSPS) is 16.1. The summed E-state index contributed by atoms with van der Waals surface area (Å²) in [5.41, 5.74) is 1.27. The van der Waals surface area contributed by atoms with Gasteiger partial charge in [-0.05, 0) is 43.1 Å². The van der Waals surface area contributed by atoms with E-state index in [-0.39, 0.29) is 12.3 Å². The van der Waals surface area contributed by atoms with Gasteiger partial charge in [0, 0.05) is 17.8 Å². The molecule has 1 atom stereocenters. The number of nitrogens with one attached hydrogen (secondary N) is 1. The van der Waals surface area contributed by atoms with Gasteiger partial charge in [0.05, 0.1) is 28.0 Å². The minimum Gasteiger partial charge on any atom is -0.463 e. The summed E-state index contributed by atoms with van der Waals surface area (Å²) in [6.07, 6.45) is 0. The fourth-order valence-corrected chi connectivity index (χ4v) is 5.42. The Bertz CT molecular complexity index is 1220. The monoisotopic (exact) mass is 487 g/mol. The quantitative estimate of drug-likeness (QED) is 0.233. The molecule has 0 saturated carbocycles. The van der Waals surface area contributed by atoms with Crippen molar-refractivity contribution in [2.75, 3.05) is 11.5 Å². The first-order chi connectivity index (χ1) is 15.4. The first kappa shape index (κ1) is 22.0. The summed E-state index contributed by atoms with van der Waals surface area (Å²) in [5, 5.41) is 26.4. The smallest absolute Gasteiger partial charge is 0.338 e. The van der Waals surface area contributed by atoms with Gasteiger partial charge in [0.15, 0.2) is 10.1 Å². The van der Waals surface area contributed by atoms with Crippen molar-refractivity contribution in [3.05, 3.63) is 68.7 Å². The number of carbonyl (C=O) groups excluding carboxylic acids is 1. The van der Waals surface area contributed by atoms with E-state index in [2.05, 4.69) is 15.5 Å². The van der Waals surface area contributed by atoms with Crippen molar-refractivity contribution in [2.45, 2.75) is 19.9 Å². The molecule has 0 saturated heterocycles. The van der Waals surface area contributed by atoms with E-state index in [9.17, 15) is 14.9 Å². The molecule has 1 aliphatic rings. The van der Waals surface area contributed by atoms with Crippen LogP contribution in [0, 0.1) is 10.1 Å². The number of anilines is 1.